The SMILES string of the molecule is COC1(C(=O)O)CCC(c2c(C(C)(C)CC#N)n(-c3ccc(F)c(F)c3)c3cc4cn[nH]c4c(F)c23)CC1. The molecule has 1 aliphatic rings. The van der Waals surface area contributed by atoms with E-state index in [-0.39, 0.29) is 41.8 Å². The lowest BCUT2D eigenvalue weighted by molar-refractivity contribution is -0.166. The van der Waals surface area contributed by atoms with Crippen molar-refractivity contribution in [1.82, 2.24) is 14.8 Å². The van der Waals surface area contributed by atoms with Gasteiger partial charge in [0.15, 0.2) is 23.1 Å². The molecule has 0 unspecified atom stereocenters. The quantitative estimate of drug-likeness (QED) is 0.311. The minimum absolute atomic E-state index is 0.0743. The molecule has 0 atom stereocenters. The van der Waals surface area contributed by atoms with E-state index in [0.29, 0.717) is 35.0 Å². The fourth-order valence-corrected chi connectivity index (χ4v) is 5.95. The third-order valence-corrected chi connectivity index (χ3v) is 7.95. The lowest BCUT2D eigenvalue weighted by atomic mass is 9.72. The standard InChI is InChI=1S/C28H27F3N4O3/c1-27(2,10-11-32)25-21(15-6-8-28(38-3,9-7-15)26(36)37)22-20(12-16-14-33-34-24(16)23(22)31)35(25)17-4-5-18(29)19(30)13-17/h4-5,12-15H,6-10H2,1-3H3,(H,33,34)(H,36,37). The number of carboxylic acid groups (broad SMARTS) is 1. The van der Waals surface area contributed by atoms with Gasteiger partial charge in [-0.15, -0.1) is 0 Å². The van der Waals surface area contributed by atoms with E-state index < -0.39 is 34.4 Å². The van der Waals surface area contributed by atoms with Crippen LogP contribution in [0.3, 0.4) is 0 Å². The molecule has 5 rings (SSSR count). The molecule has 2 aromatic heterocycles. The van der Waals surface area contributed by atoms with Crippen LogP contribution in [-0.2, 0) is 14.9 Å². The summed E-state index contributed by atoms with van der Waals surface area (Å²) in [5.74, 6) is -3.91. The number of halogens is 3. The molecule has 0 amide bonds. The average Bonchev–Trinajstić information content (AvgIpc) is 3.49. The first kappa shape index (κ1) is 25.8. The Hall–Kier alpha value is -3.84. The predicted octanol–water partition coefficient (Wildman–Crippen LogP) is 6.24. The maximum atomic E-state index is 16.3. The topological polar surface area (TPSA) is 104 Å². The number of aliphatic carboxylic acids is 1. The second kappa shape index (κ2) is 9.17. The van der Waals surface area contributed by atoms with E-state index >= 15 is 4.39 Å². The molecule has 0 aliphatic heterocycles. The normalized spacial score (nSPS) is 20.2. The summed E-state index contributed by atoms with van der Waals surface area (Å²) >= 11 is 0. The number of benzene rings is 2. The summed E-state index contributed by atoms with van der Waals surface area (Å²) in [5.41, 5.74) is 0.00932. The molecule has 7 nitrogen and oxygen atoms in total. The molecule has 10 heteroatoms. The van der Waals surface area contributed by atoms with Crippen molar-refractivity contribution in [3.05, 3.63) is 59.2 Å². The van der Waals surface area contributed by atoms with E-state index in [9.17, 15) is 23.9 Å². The third-order valence-electron chi connectivity index (χ3n) is 7.95. The summed E-state index contributed by atoms with van der Waals surface area (Å²) in [4.78, 5) is 12.0. The highest BCUT2D eigenvalue weighted by atomic mass is 19.2. The van der Waals surface area contributed by atoms with Crippen LogP contribution in [0.25, 0.3) is 27.5 Å². The molecule has 1 saturated carbocycles. The van der Waals surface area contributed by atoms with Gasteiger partial charge in [-0.05, 0) is 55.4 Å². The van der Waals surface area contributed by atoms with Crippen LogP contribution in [0.1, 0.15) is 63.1 Å². The summed E-state index contributed by atoms with van der Waals surface area (Å²) < 4.78 is 51.8. The molecule has 2 heterocycles. The number of aromatic amines is 1. The Labute approximate surface area is 216 Å². The van der Waals surface area contributed by atoms with E-state index in [4.69, 9.17) is 4.74 Å². The summed E-state index contributed by atoms with van der Waals surface area (Å²) in [7, 11) is 1.37. The summed E-state index contributed by atoms with van der Waals surface area (Å²) in [5, 5.41) is 27.0. The number of hydrogen-bond donors (Lipinski definition) is 2. The molecule has 0 bridgehead atoms. The molecule has 0 radical (unpaired) electrons. The largest absolute Gasteiger partial charge is 0.479 e. The Kier molecular flexibility index (Phi) is 6.22. The van der Waals surface area contributed by atoms with Crippen molar-refractivity contribution in [2.24, 2.45) is 0 Å². The number of methoxy groups -OCH3 is 1. The fourth-order valence-electron chi connectivity index (χ4n) is 5.95. The van der Waals surface area contributed by atoms with Gasteiger partial charge in [0.25, 0.3) is 0 Å². The number of aromatic nitrogens is 3. The number of carboxylic acids is 1. The summed E-state index contributed by atoms with van der Waals surface area (Å²) in [6, 6.07) is 7.45. The number of carbonyl (C=O) groups is 1. The van der Waals surface area contributed by atoms with E-state index in [1.54, 1.807) is 10.6 Å². The molecule has 1 aliphatic carbocycles. The van der Waals surface area contributed by atoms with E-state index in [1.807, 2.05) is 13.8 Å². The summed E-state index contributed by atoms with van der Waals surface area (Å²) in [6.07, 6.45) is 2.78. The van der Waals surface area contributed by atoms with Crippen LogP contribution in [0.5, 0.6) is 0 Å². The van der Waals surface area contributed by atoms with Crippen LogP contribution < -0.4 is 0 Å². The highest BCUT2D eigenvalue weighted by Gasteiger charge is 2.45. The van der Waals surface area contributed by atoms with Crippen molar-refractivity contribution in [2.45, 2.75) is 62.9 Å². The number of rotatable bonds is 6. The van der Waals surface area contributed by atoms with Crippen LogP contribution in [0, 0.1) is 28.8 Å². The van der Waals surface area contributed by atoms with Gasteiger partial charge in [0.05, 0.1) is 17.8 Å². The van der Waals surface area contributed by atoms with Crippen LogP contribution in [-0.4, -0.2) is 38.6 Å². The average molecular weight is 525 g/mol. The Morgan fingerprint density at radius 1 is 1.26 bits per heavy atom. The second-order valence-electron chi connectivity index (χ2n) is 10.6. The number of hydrogen-bond acceptors (Lipinski definition) is 4. The molecular weight excluding hydrogens is 497 g/mol. The Morgan fingerprint density at radius 2 is 1.97 bits per heavy atom. The summed E-state index contributed by atoms with van der Waals surface area (Å²) in [6.45, 7) is 3.71. The zero-order valence-corrected chi connectivity index (χ0v) is 21.2. The van der Waals surface area contributed by atoms with Crippen LogP contribution >= 0.6 is 0 Å². The van der Waals surface area contributed by atoms with Gasteiger partial charge < -0.3 is 14.4 Å². The maximum Gasteiger partial charge on any atom is 0.335 e. The van der Waals surface area contributed by atoms with Crippen LogP contribution in [0.2, 0.25) is 0 Å². The van der Waals surface area contributed by atoms with Gasteiger partial charge in [-0.2, -0.15) is 10.4 Å². The number of nitrogens with one attached hydrogen (secondary N) is 1. The van der Waals surface area contributed by atoms with Gasteiger partial charge in [0.2, 0.25) is 0 Å². The Bertz CT molecular complexity index is 1610. The van der Waals surface area contributed by atoms with Gasteiger partial charge in [0, 0.05) is 47.2 Å². The fraction of sp³-hybridized carbons (Fsp3) is 0.393. The van der Waals surface area contributed by atoms with E-state index in [2.05, 4.69) is 16.3 Å². The molecule has 198 valence electrons. The van der Waals surface area contributed by atoms with Gasteiger partial charge in [-0.1, -0.05) is 13.8 Å². The van der Waals surface area contributed by atoms with Gasteiger partial charge in [0.1, 0.15) is 5.52 Å². The van der Waals surface area contributed by atoms with Crippen LogP contribution in [0.15, 0.2) is 30.5 Å². The van der Waals surface area contributed by atoms with Crippen molar-refractivity contribution >= 4 is 27.8 Å². The van der Waals surface area contributed by atoms with Crippen LogP contribution in [0.4, 0.5) is 13.2 Å². The van der Waals surface area contributed by atoms with Gasteiger partial charge >= 0.3 is 5.97 Å². The smallest absolute Gasteiger partial charge is 0.335 e. The Morgan fingerprint density at radius 3 is 2.58 bits per heavy atom. The molecule has 38 heavy (non-hydrogen) atoms. The maximum absolute atomic E-state index is 16.3. The van der Waals surface area contributed by atoms with Crippen molar-refractivity contribution in [2.75, 3.05) is 7.11 Å². The first-order chi connectivity index (χ1) is 18.0. The molecule has 0 saturated heterocycles. The number of ether oxygens (including phenoxy) is 1. The zero-order valence-electron chi connectivity index (χ0n) is 21.2. The van der Waals surface area contributed by atoms with Crippen molar-refractivity contribution in [3.8, 4) is 11.8 Å². The molecule has 0 spiro atoms. The molecular formula is C28H27F3N4O3. The highest BCUT2D eigenvalue weighted by Crippen LogP contribution is 2.49. The van der Waals surface area contributed by atoms with Crippen molar-refractivity contribution in [1.29, 1.82) is 5.26 Å². The minimum atomic E-state index is -1.33. The molecule has 4 aromatic rings. The van der Waals surface area contributed by atoms with Crippen molar-refractivity contribution in [3.63, 3.8) is 0 Å². The minimum Gasteiger partial charge on any atom is -0.479 e. The lowest BCUT2D eigenvalue weighted by Gasteiger charge is -2.37. The monoisotopic (exact) mass is 524 g/mol. The molecule has 1 fully saturated rings. The number of nitriles is 1. The highest BCUT2D eigenvalue weighted by molar-refractivity contribution is 6.00. The Balaban J connectivity index is 1.86. The molecule has 2 aromatic carbocycles. The second-order valence-corrected chi connectivity index (χ2v) is 10.6. The van der Waals surface area contributed by atoms with Gasteiger partial charge in [-0.3, -0.25) is 5.10 Å². The van der Waals surface area contributed by atoms with E-state index in [0.717, 1.165) is 12.1 Å². The number of H-pyrrole nitrogens is 1. The molecule has 2 N–H and O–H groups in total. The number of fused-ring (bicyclic) bond motifs is 2. The van der Waals surface area contributed by atoms with Gasteiger partial charge in [-0.25, -0.2) is 18.0 Å². The van der Waals surface area contributed by atoms with E-state index in [1.165, 1.54) is 19.4 Å². The first-order valence-corrected chi connectivity index (χ1v) is 12.4. The number of nitrogens with zero attached hydrogens (tertiary/aromatic N) is 3. The lowest BCUT2D eigenvalue weighted by Crippen LogP contribution is -2.43. The zero-order chi connectivity index (χ0) is 27.4. The predicted molar refractivity (Wildman–Crippen MR) is 135 cm³/mol. The third kappa shape index (κ3) is 3.84. The first-order valence-electron chi connectivity index (χ1n) is 12.4. The van der Waals surface area contributed by atoms with Crippen molar-refractivity contribution < 1.29 is 27.8 Å².